The van der Waals surface area contributed by atoms with Crippen LogP contribution in [0.25, 0.3) is 0 Å². The molecule has 0 saturated heterocycles. The summed E-state index contributed by atoms with van der Waals surface area (Å²) in [6.45, 7) is 0.0658. The van der Waals surface area contributed by atoms with Crippen molar-refractivity contribution in [1.82, 2.24) is 14.8 Å². The molecule has 0 atom stereocenters. The Bertz CT molecular complexity index is 607. The minimum Gasteiger partial charge on any atom is -0.478 e. The zero-order valence-corrected chi connectivity index (χ0v) is 9.05. The number of carbonyl (C=O) groups is 1. The summed E-state index contributed by atoms with van der Waals surface area (Å²) >= 11 is 0. The van der Waals surface area contributed by atoms with Gasteiger partial charge in [0.25, 0.3) is 0 Å². The van der Waals surface area contributed by atoms with Crippen LogP contribution in [-0.2, 0) is 6.54 Å². The lowest BCUT2D eigenvalue weighted by molar-refractivity contribution is -0.385. The van der Waals surface area contributed by atoms with Crippen molar-refractivity contribution in [2.24, 2.45) is 0 Å². The van der Waals surface area contributed by atoms with Crippen LogP contribution >= 0.6 is 0 Å². The van der Waals surface area contributed by atoms with Crippen molar-refractivity contribution in [3.8, 4) is 0 Å². The van der Waals surface area contributed by atoms with Crippen LogP contribution in [0.5, 0.6) is 0 Å². The lowest BCUT2D eigenvalue weighted by Crippen LogP contribution is -2.09. The number of carboxylic acids is 1. The molecule has 0 amide bonds. The molecule has 0 aliphatic carbocycles. The van der Waals surface area contributed by atoms with Crippen LogP contribution in [0.1, 0.15) is 16.1 Å². The zero-order valence-electron chi connectivity index (χ0n) is 9.05. The van der Waals surface area contributed by atoms with Gasteiger partial charge in [-0.3, -0.25) is 19.8 Å². The third kappa shape index (κ3) is 2.32. The van der Waals surface area contributed by atoms with Crippen molar-refractivity contribution in [3.63, 3.8) is 0 Å². The quantitative estimate of drug-likeness (QED) is 0.636. The minimum absolute atomic E-state index is 0.0515. The van der Waals surface area contributed by atoms with Crippen molar-refractivity contribution in [1.29, 1.82) is 0 Å². The molecular formula is C10H8N4O4. The molecule has 2 rings (SSSR count). The van der Waals surface area contributed by atoms with Gasteiger partial charge in [0.2, 0.25) is 0 Å². The van der Waals surface area contributed by atoms with Crippen molar-refractivity contribution in [2.75, 3.05) is 0 Å². The maximum atomic E-state index is 10.9. The number of hydrogen-bond acceptors (Lipinski definition) is 5. The van der Waals surface area contributed by atoms with Crippen LogP contribution in [0.4, 0.5) is 5.69 Å². The molecule has 92 valence electrons. The van der Waals surface area contributed by atoms with Gasteiger partial charge in [-0.05, 0) is 12.1 Å². The zero-order chi connectivity index (χ0) is 13.1. The summed E-state index contributed by atoms with van der Waals surface area (Å²) in [5, 5.41) is 23.2. The van der Waals surface area contributed by atoms with Crippen LogP contribution in [0, 0.1) is 10.1 Å². The van der Waals surface area contributed by atoms with E-state index in [1.54, 1.807) is 0 Å². The van der Waals surface area contributed by atoms with E-state index in [9.17, 15) is 14.9 Å². The van der Waals surface area contributed by atoms with Crippen molar-refractivity contribution in [2.45, 2.75) is 6.54 Å². The van der Waals surface area contributed by atoms with E-state index in [2.05, 4.69) is 10.1 Å². The third-order valence-corrected chi connectivity index (χ3v) is 2.26. The SMILES string of the molecule is O=C(O)c1cccnc1Cn1cc([N+](=O)[O-])cn1. The first-order valence-corrected chi connectivity index (χ1v) is 4.92. The topological polar surface area (TPSA) is 111 Å². The summed E-state index contributed by atoms with van der Waals surface area (Å²) in [4.78, 5) is 24.8. The second kappa shape index (κ2) is 4.62. The lowest BCUT2D eigenvalue weighted by atomic mass is 10.2. The highest BCUT2D eigenvalue weighted by Crippen LogP contribution is 2.11. The summed E-state index contributed by atoms with van der Waals surface area (Å²) in [6.07, 6.45) is 3.78. The van der Waals surface area contributed by atoms with Gasteiger partial charge < -0.3 is 5.11 Å². The van der Waals surface area contributed by atoms with E-state index in [4.69, 9.17) is 5.11 Å². The van der Waals surface area contributed by atoms with Crippen LogP contribution < -0.4 is 0 Å². The first-order valence-electron chi connectivity index (χ1n) is 4.92. The number of aromatic nitrogens is 3. The molecule has 0 saturated carbocycles. The van der Waals surface area contributed by atoms with Gasteiger partial charge in [0.15, 0.2) is 0 Å². The van der Waals surface area contributed by atoms with Crippen LogP contribution in [-0.4, -0.2) is 30.8 Å². The summed E-state index contributed by atoms with van der Waals surface area (Å²) in [6, 6.07) is 2.93. The Morgan fingerprint density at radius 3 is 2.94 bits per heavy atom. The molecule has 1 N–H and O–H groups in total. The Labute approximate surface area is 101 Å². The van der Waals surface area contributed by atoms with E-state index < -0.39 is 10.9 Å². The third-order valence-electron chi connectivity index (χ3n) is 2.26. The van der Waals surface area contributed by atoms with Gasteiger partial charge >= 0.3 is 11.7 Å². The number of pyridine rings is 1. The Kier molecular flexibility index (Phi) is 3.00. The monoisotopic (exact) mass is 248 g/mol. The summed E-state index contributed by atoms with van der Waals surface area (Å²) in [5.41, 5.74) is 0.196. The largest absolute Gasteiger partial charge is 0.478 e. The van der Waals surface area contributed by atoms with Crippen molar-refractivity contribution >= 4 is 11.7 Å². The van der Waals surface area contributed by atoms with E-state index >= 15 is 0 Å². The fourth-order valence-corrected chi connectivity index (χ4v) is 1.45. The van der Waals surface area contributed by atoms with Gasteiger partial charge in [-0.2, -0.15) is 5.10 Å². The van der Waals surface area contributed by atoms with Gasteiger partial charge in [0, 0.05) is 6.20 Å². The highest BCUT2D eigenvalue weighted by molar-refractivity contribution is 5.88. The van der Waals surface area contributed by atoms with E-state index in [0.717, 1.165) is 6.20 Å². The van der Waals surface area contributed by atoms with E-state index in [1.165, 1.54) is 29.2 Å². The van der Waals surface area contributed by atoms with Crippen LogP contribution in [0.3, 0.4) is 0 Å². The molecule has 18 heavy (non-hydrogen) atoms. The molecule has 0 aromatic carbocycles. The van der Waals surface area contributed by atoms with Gasteiger partial charge in [-0.25, -0.2) is 4.79 Å². The number of nitrogens with zero attached hydrogens (tertiary/aromatic N) is 4. The maximum Gasteiger partial charge on any atom is 0.337 e. The normalized spacial score (nSPS) is 10.2. The average Bonchev–Trinajstić information content (AvgIpc) is 2.78. The van der Waals surface area contributed by atoms with Crippen LogP contribution in [0.2, 0.25) is 0 Å². The Morgan fingerprint density at radius 1 is 1.56 bits per heavy atom. The molecule has 0 spiro atoms. The first kappa shape index (κ1) is 11.7. The predicted molar refractivity (Wildman–Crippen MR) is 59.2 cm³/mol. The molecule has 0 radical (unpaired) electrons. The van der Waals surface area contributed by atoms with Crippen molar-refractivity contribution in [3.05, 3.63) is 52.1 Å². The van der Waals surface area contributed by atoms with E-state index in [1.807, 2.05) is 0 Å². The smallest absolute Gasteiger partial charge is 0.337 e. The van der Waals surface area contributed by atoms with Crippen LogP contribution in [0.15, 0.2) is 30.7 Å². The highest BCUT2D eigenvalue weighted by atomic mass is 16.6. The molecular weight excluding hydrogens is 240 g/mol. The van der Waals surface area contributed by atoms with Crippen molar-refractivity contribution < 1.29 is 14.8 Å². The predicted octanol–water partition coefficient (Wildman–Crippen LogP) is 0.933. The van der Waals surface area contributed by atoms with Gasteiger partial charge in [-0.15, -0.1) is 0 Å². The minimum atomic E-state index is -1.10. The van der Waals surface area contributed by atoms with E-state index in [0.29, 0.717) is 5.69 Å². The van der Waals surface area contributed by atoms with Gasteiger partial charge in [-0.1, -0.05) is 0 Å². The number of aromatic carboxylic acids is 1. The fourth-order valence-electron chi connectivity index (χ4n) is 1.45. The molecule has 2 aromatic heterocycles. The average molecular weight is 248 g/mol. The molecule has 8 nitrogen and oxygen atoms in total. The lowest BCUT2D eigenvalue weighted by Gasteiger charge is -2.03. The summed E-state index contributed by atoms with van der Waals surface area (Å²) < 4.78 is 1.27. The number of carboxylic acid groups (broad SMARTS) is 1. The second-order valence-corrected chi connectivity index (χ2v) is 3.46. The number of hydrogen-bond donors (Lipinski definition) is 1. The Balaban J connectivity index is 2.28. The first-order chi connectivity index (χ1) is 8.58. The maximum absolute atomic E-state index is 10.9. The fraction of sp³-hybridized carbons (Fsp3) is 0.100. The molecule has 2 heterocycles. The number of nitro groups is 1. The molecule has 2 aromatic rings. The Hall–Kier alpha value is -2.77. The molecule has 0 aliphatic rings. The van der Waals surface area contributed by atoms with Gasteiger partial charge in [0.1, 0.15) is 12.4 Å². The molecule has 0 fully saturated rings. The number of rotatable bonds is 4. The molecule has 0 bridgehead atoms. The summed E-state index contributed by atoms with van der Waals surface area (Å²) in [5.74, 6) is -1.10. The van der Waals surface area contributed by atoms with E-state index in [-0.39, 0.29) is 17.8 Å². The second-order valence-electron chi connectivity index (χ2n) is 3.46. The van der Waals surface area contributed by atoms with Gasteiger partial charge in [0.05, 0.1) is 22.7 Å². The summed E-state index contributed by atoms with van der Waals surface area (Å²) in [7, 11) is 0. The highest BCUT2D eigenvalue weighted by Gasteiger charge is 2.13. The standard InChI is InChI=1S/C10H8N4O4/c15-10(16)8-2-1-3-11-9(8)6-13-5-7(4-12-13)14(17)18/h1-5H,6H2,(H,15,16). The molecule has 8 heteroatoms. The molecule has 0 unspecified atom stereocenters. The Morgan fingerprint density at radius 2 is 2.33 bits per heavy atom. The molecule has 0 aliphatic heterocycles.